The van der Waals surface area contributed by atoms with Crippen molar-refractivity contribution in [2.45, 2.75) is 31.3 Å². The highest BCUT2D eigenvalue weighted by Crippen LogP contribution is 2.30. The summed E-state index contributed by atoms with van der Waals surface area (Å²) >= 11 is 0. The van der Waals surface area contributed by atoms with Crippen molar-refractivity contribution in [1.82, 2.24) is 0 Å². The minimum Gasteiger partial charge on any atom is -0.393 e. The van der Waals surface area contributed by atoms with Gasteiger partial charge in [0.1, 0.15) is 0 Å². The molecule has 0 heterocycles. The third-order valence-corrected chi connectivity index (χ3v) is 4.52. The van der Waals surface area contributed by atoms with E-state index in [0.29, 0.717) is 0 Å². The summed E-state index contributed by atoms with van der Waals surface area (Å²) in [6.07, 6.45) is 2.15. The highest BCUT2D eigenvalue weighted by Gasteiger charge is 2.18. The van der Waals surface area contributed by atoms with Crippen molar-refractivity contribution in [3.63, 3.8) is 0 Å². The third-order valence-electron chi connectivity index (χ3n) is 4.52. The second-order valence-corrected chi connectivity index (χ2v) is 6.29. The molecule has 0 aromatic heterocycles. The van der Waals surface area contributed by atoms with Gasteiger partial charge in [0.05, 0.1) is 6.10 Å². The minimum atomic E-state index is -0.310. The van der Waals surface area contributed by atoms with E-state index in [9.17, 15) is 5.11 Å². The fourth-order valence-corrected chi connectivity index (χ4v) is 3.20. The van der Waals surface area contributed by atoms with Gasteiger partial charge in [0.15, 0.2) is 0 Å². The molecule has 122 valence electrons. The Hall–Kier alpha value is -2.38. The molecular formula is C23H24O. The molecule has 0 saturated heterocycles. The molecule has 0 radical (unpaired) electrons. The predicted octanol–water partition coefficient (Wildman–Crippen LogP) is 5.20. The number of aryl methyl sites for hydroxylation is 1. The first-order valence-electron chi connectivity index (χ1n) is 8.65. The zero-order valence-corrected chi connectivity index (χ0v) is 13.9. The summed E-state index contributed by atoms with van der Waals surface area (Å²) in [4.78, 5) is 0. The average molecular weight is 316 g/mol. The molecule has 3 aromatic carbocycles. The van der Waals surface area contributed by atoms with Gasteiger partial charge < -0.3 is 5.11 Å². The summed E-state index contributed by atoms with van der Waals surface area (Å²) in [5.74, 6) is 0.234. The topological polar surface area (TPSA) is 20.2 Å². The average Bonchev–Trinajstić information content (AvgIpc) is 2.67. The Balaban J connectivity index is 1.70. The van der Waals surface area contributed by atoms with E-state index < -0.39 is 0 Å². The highest BCUT2D eigenvalue weighted by atomic mass is 16.3. The van der Waals surface area contributed by atoms with Crippen LogP contribution >= 0.6 is 0 Å². The molecule has 1 nitrogen and oxygen atoms in total. The number of benzene rings is 3. The molecular weight excluding hydrogens is 292 g/mol. The van der Waals surface area contributed by atoms with Crippen LogP contribution in [0.25, 0.3) is 0 Å². The monoisotopic (exact) mass is 316 g/mol. The zero-order chi connectivity index (χ0) is 16.6. The number of rotatable bonds is 7. The van der Waals surface area contributed by atoms with Crippen molar-refractivity contribution < 1.29 is 5.11 Å². The third kappa shape index (κ3) is 4.56. The van der Waals surface area contributed by atoms with E-state index in [1.54, 1.807) is 0 Å². The van der Waals surface area contributed by atoms with Gasteiger partial charge in [0.25, 0.3) is 0 Å². The lowest BCUT2D eigenvalue weighted by atomic mass is 9.85. The number of aliphatic hydroxyl groups excluding tert-OH is 1. The first-order valence-corrected chi connectivity index (χ1v) is 8.65. The lowest BCUT2D eigenvalue weighted by Crippen LogP contribution is -2.14. The largest absolute Gasteiger partial charge is 0.393 e. The normalized spacial score (nSPS) is 12.2. The van der Waals surface area contributed by atoms with E-state index >= 15 is 0 Å². The van der Waals surface area contributed by atoms with Crippen molar-refractivity contribution >= 4 is 0 Å². The summed E-state index contributed by atoms with van der Waals surface area (Å²) in [6, 6.07) is 31.4. The summed E-state index contributed by atoms with van der Waals surface area (Å²) in [5, 5.41) is 10.6. The van der Waals surface area contributed by atoms with Gasteiger partial charge in [-0.25, -0.2) is 0 Å². The van der Waals surface area contributed by atoms with Gasteiger partial charge >= 0.3 is 0 Å². The SMILES string of the molecule is OC(CCc1ccccc1)CC(c1ccccc1)c1ccccc1. The molecule has 0 bridgehead atoms. The summed E-state index contributed by atoms with van der Waals surface area (Å²) in [5.41, 5.74) is 3.82. The number of hydrogen-bond acceptors (Lipinski definition) is 1. The van der Waals surface area contributed by atoms with E-state index in [4.69, 9.17) is 0 Å². The Morgan fingerprint density at radius 2 is 1.08 bits per heavy atom. The first-order chi connectivity index (χ1) is 11.8. The van der Waals surface area contributed by atoms with Crippen LogP contribution in [0.15, 0.2) is 91.0 Å². The van der Waals surface area contributed by atoms with E-state index in [1.165, 1.54) is 16.7 Å². The maximum absolute atomic E-state index is 10.6. The Morgan fingerprint density at radius 1 is 0.625 bits per heavy atom. The second kappa shape index (κ2) is 8.47. The number of hydrogen-bond donors (Lipinski definition) is 1. The van der Waals surface area contributed by atoms with Gasteiger partial charge in [0, 0.05) is 5.92 Å². The summed E-state index contributed by atoms with van der Waals surface area (Å²) in [7, 11) is 0. The second-order valence-electron chi connectivity index (χ2n) is 6.29. The molecule has 0 spiro atoms. The molecule has 0 amide bonds. The molecule has 0 fully saturated rings. The maximum atomic E-state index is 10.6. The molecule has 1 unspecified atom stereocenters. The zero-order valence-electron chi connectivity index (χ0n) is 13.9. The van der Waals surface area contributed by atoms with Gasteiger partial charge in [-0.1, -0.05) is 91.0 Å². The van der Waals surface area contributed by atoms with Crippen LogP contribution < -0.4 is 0 Å². The lowest BCUT2D eigenvalue weighted by Gasteiger charge is -2.21. The minimum absolute atomic E-state index is 0.234. The number of aliphatic hydroxyl groups is 1. The molecule has 24 heavy (non-hydrogen) atoms. The smallest absolute Gasteiger partial charge is 0.0552 e. The predicted molar refractivity (Wildman–Crippen MR) is 100 cm³/mol. The van der Waals surface area contributed by atoms with Crippen LogP contribution in [0.1, 0.15) is 35.4 Å². The van der Waals surface area contributed by atoms with Crippen LogP contribution in [0.4, 0.5) is 0 Å². The van der Waals surface area contributed by atoms with Gasteiger partial charge in [-0.05, 0) is 36.0 Å². The Kier molecular flexibility index (Phi) is 5.81. The van der Waals surface area contributed by atoms with E-state index in [1.807, 2.05) is 18.2 Å². The first kappa shape index (κ1) is 16.5. The molecule has 0 aliphatic rings. The Labute approximate surface area is 144 Å². The van der Waals surface area contributed by atoms with Gasteiger partial charge in [-0.15, -0.1) is 0 Å². The molecule has 0 aliphatic carbocycles. The molecule has 0 saturated carbocycles. The molecule has 1 atom stereocenters. The van der Waals surface area contributed by atoms with Crippen LogP contribution in [0.5, 0.6) is 0 Å². The van der Waals surface area contributed by atoms with Crippen LogP contribution in [0, 0.1) is 0 Å². The van der Waals surface area contributed by atoms with Gasteiger partial charge in [0.2, 0.25) is 0 Å². The quantitative estimate of drug-likeness (QED) is 0.635. The van der Waals surface area contributed by atoms with Crippen LogP contribution in [0.3, 0.4) is 0 Å². The van der Waals surface area contributed by atoms with Crippen LogP contribution in [0.2, 0.25) is 0 Å². The van der Waals surface area contributed by atoms with Crippen LogP contribution in [-0.2, 0) is 6.42 Å². The van der Waals surface area contributed by atoms with Crippen LogP contribution in [-0.4, -0.2) is 11.2 Å². The van der Waals surface area contributed by atoms with E-state index in [-0.39, 0.29) is 12.0 Å². The molecule has 0 aliphatic heterocycles. The van der Waals surface area contributed by atoms with Crippen molar-refractivity contribution in [3.05, 3.63) is 108 Å². The summed E-state index contributed by atoms with van der Waals surface area (Å²) < 4.78 is 0. The Bertz CT molecular complexity index is 667. The standard InChI is InChI=1S/C23H24O/c24-22(17-16-19-10-4-1-5-11-19)18-23(20-12-6-2-7-13-20)21-14-8-3-9-15-21/h1-15,22-24H,16-18H2. The maximum Gasteiger partial charge on any atom is 0.0552 e. The van der Waals surface area contributed by atoms with Gasteiger partial charge in [-0.2, -0.15) is 0 Å². The van der Waals surface area contributed by atoms with Crippen molar-refractivity contribution in [2.24, 2.45) is 0 Å². The summed E-state index contributed by atoms with van der Waals surface area (Å²) in [6.45, 7) is 0. The van der Waals surface area contributed by atoms with Crippen molar-refractivity contribution in [2.75, 3.05) is 0 Å². The van der Waals surface area contributed by atoms with Crippen molar-refractivity contribution in [1.29, 1.82) is 0 Å². The van der Waals surface area contributed by atoms with Crippen molar-refractivity contribution in [3.8, 4) is 0 Å². The fourth-order valence-electron chi connectivity index (χ4n) is 3.20. The van der Waals surface area contributed by atoms with E-state index in [0.717, 1.165) is 19.3 Å². The highest BCUT2D eigenvalue weighted by molar-refractivity contribution is 5.32. The Morgan fingerprint density at radius 3 is 1.58 bits per heavy atom. The molecule has 3 rings (SSSR count). The van der Waals surface area contributed by atoms with E-state index in [2.05, 4.69) is 72.8 Å². The molecule has 3 aromatic rings. The molecule has 1 heteroatoms. The fraction of sp³-hybridized carbons (Fsp3) is 0.217. The van der Waals surface area contributed by atoms with Gasteiger partial charge in [-0.3, -0.25) is 0 Å². The molecule has 1 N–H and O–H groups in total. The lowest BCUT2D eigenvalue weighted by molar-refractivity contribution is 0.150.